The average molecular weight is 411 g/mol. The lowest BCUT2D eigenvalue weighted by molar-refractivity contribution is -0.384. The third-order valence-corrected chi connectivity index (χ3v) is 5.52. The molecule has 0 aliphatic carbocycles. The van der Waals surface area contributed by atoms with Crippen LogP contribution in [0.2, 0.25) is 5.02 Å². The first kappa shape index (κ1) is 19.3. The largest absolute Gasteiger partial charge is 0.322 e. The summed E-state index contributed by atoms with van der Waals surface area (Å²) >= 11 is 5.88. The fourth-order valence-electron chi connectivity index (χ4n) is 3.70. The number of carbonyl (C=O) groups is 1. The maximum Gasteiger partial charge on any atom is 0.289 e. The van der Waals surface area contributed by atoms with Crippen molar-refractivity contribution in [1.29, 1.82) is 0 Å². The molecule has 29 heavy (non-hydrogen) atoms. The predicted molar refractivity (Wildman–Crippen MR) is 112 cm³/mol. The summed E-state index contributed by atoms with van der Waals surface area (Å²) in [7, 11) is 0. The minimum Gasteiger partial charge on any atom is -0.322 e. The van der Waals surface area contributed by atoms with Gasteiger partial charge in [0.1, 0.15) is 5.02 Å². The van der Waals surface area contributed by atoms with Crippen LogP contribution in [0.15, 0.2) is 42.5 Å². The molecular weight excluding hydrogens is 392 g/mol. The number of amides is 1. The number of nitro groups is 1. The van der Waals surface area contributed by atoms with Gasteiger partial charge < -0.3 is 5.32 Å². The van der Waals surface area contributed by atoms with Crippen molar-refractivity contribution >= 4 is 39.8 Å². The lowest BCUT2D eigenvalue weighted by atomic mass is 9.95. The van der Waals surface area contributed by atoms with Crippen LogP contribution in [-0.4, -0.2) is 33.8 Å². The number of aromatic nitrogens is 1. The zero-order chi connectivity index (χ0) is 20.5. The fraction of sp³-hybridized carbons (Fsp3) is 0.238. The maximum atomic E-state index is 13.3. The van der Waals surface area contributed by atoms with Crippen LogP contribution in [0.4, 0.5) is 11.4 Å². The number of fused-ring (bicyclic) bond motifs is 2. The fourth-order valence-corrected chi connectivity index (χ4v) is 3.89. The van der Waals surface area contributed by atoms with E-state index in [0.29, 0.717) is 17.8 Å². The number of anilines is 1. The Bertz CT molecular complexity index is 1130. The molecule has 1 aromatic heterocycles. The molecule has 0 saturated carbocycles. The van der Waals surface area contributed by atoms with Crippen molar-refractivity contribution in [3.63, 3.8) is 0 Å². The molecule has 0 spiro atoms. The van der Waals surface area contributed by atoms with Crippen LogP contribution in [0.5, 0.6) is 0 Å². The molecule has 4 rings (SSSR count). The highest BCUT2D eigenvalue weighted by Gasteiger charge is 2.25. The van der Waals surface area contributed by atoms with Gasteiger partial charge in [-0.15, -0.1) is 0 Å². The van der Waals surface area contributed by atoms with E-state index in [1.54, 1.807) is 6.07 Å². The van der Waals surface area contributed by atoms with Crippen molar-refractivity contribution in [1.82, 2.24) is 9.88 Å². The summed E-state index contributed by atoms with van der Waals surface area (Å²) < 4.78 is 0. The van der Waals surface area contributed by atoms with E-state index >= 15 is 0 Å². The monoisotopic (exact) mass is 410 g/mol. The van der Waals surface area contributed by atoms with Crippen LogP contribution < -0.4 is 5.32 Å². The Kier molecular flexibility index (Phi) is 5.17. The number of rotatable bonds is 4. The Hall–Kier alpha value is -3.03. The topological polar surface area (TPSA) is 88.4 Å². The van der Waals surface area contributed by atoms with E-state index in [1.807, 2.05) is 24.3 Å². The van der Waals surface area contributed by atoms with Crippen LogP contribution in [0.1, 0.15) is 28.5 Å². The molecule has 0 fully saturated rings. The average Bonchev–Trinajstić information content (AvgIpc) is 2.72. The minimum absolute atomic E-state index is 0.0262. The van der Waals surface area contributed by atoms with Gasteiger partial charge in [-0.2, -0.15) is 0 Å². The number of hydrogen-bond donors (Lipinski definition) is 1. The number of carbonyl (C=O) groups excluding carboxylic acids is 1. The molecule has 0 atom stereocenters. The quantitative estimate of drug-likeness (QED) is 0.507. The number of nitrogens with one attached hydrogen (secondary N) is 1. The van der Waals surface area contributed by atoms with Crippen molar-refractivity contribution in [2.75, 3.05) is 18.4 Å². The normalized spacial score (nSPS) is 13.9. The molecule has 7 nitrogen and oxygen atoms in total. The summed E-state index contributed by atoms with van der Waals surface area (Å²) in [6.07, 6.45) is 0.778. The first-order valence-electron chi connectivity index (χ1n) is 9.36. The molecule has 0 saturated heterocycles. The summed E-state index contributed by atoms with van der Waals surface area (Å²) in [4.78, 5) is 30.9. The van der Waals surface area contributed by atoms with E-state index in [0.717, 1.165) is 41.7 Å². The predicted octanol–water partition coefficient (Wildman–Crippen LogP) is 4.43. The highest BCUT2D eigenvalue weighted by molar-refractivity contribution is 6.32. The number of pyridine rings is 1. The second kappa shape index (κ2) is 7.77. The molecule has 3 aromatic rings. The van der Waals surface area contributed by atoms with Gasteiger partial charge in [-0.1, -0.05) is 36.7 Å². The highest BCUT2D eigenvalue weighted by atomic mass is 35.5. The molecule has 2 heterocycles. The van der Waals surface area contributed by atoms with Crippen molar-refractivity contribution in [2.24, 2.45) is 0 Å². The van der Waals surface area contributed by atoms with Crippen LogP contribution in [-0.2, 0) is 13.0 Å². The molecule has 1 N–H and O–H groups in total. The molecule has 148 valence electrons. The van der Waals surface area contributed by atoms with E-state index in [-0.39, 0.29) is 16.6 Å². The summed E-state index contributed by atoms with van der Waals surface area (Å²) in [5, 5.41) is 14.8. The van der Waals surface area contributed by atoms with E-state index in [2.05, 4.69) is 17.1 Å². The molecule has 2 aromatic carbocycles. The van der Waals surface area contributed by atoms with Crippen LogP contribution in [0, 0.1) is 10.1 Å². The van der Waals surface area contributed by atoms with Gasteiger partial charge in [-0.3, -0.25) is 24.8 Å². The molecule has 0 bridgehead atoms. The second-order valence-electron chi connectivity index (χ2n) is 6.93. The summed E-state index contributed by atoms with van der Waals surface area (Å²) in [5.74, 6) is -0.311. The summed E-state index contributed by atoms with van der Waals surface area (Å²) in [6.45, 7) is 4.52. The number of benzene rings is 2. The number of hydrogen-bond acceptors (Lipinski definition) is 5. The SMILES string of the molecule is CCN1CCc2nc3ccccc3c(C(=O)Nc3ccc(Cl)c([N+](=O)[O-])c3)c2C1. The van der Waals surface area contributed by atoms with Crippen LogP contribution >= 0.6 is 11.6 Å². The lowest BCUT2D eigenvalue weighted by Crippen LogP contribution is -2.33. The lowest BCUT2D eigenvalue weighted by Gasteiger charge is -2.29. The van der Waals surface area contributed by atoms with E-state index in [4.69, 9.17) is 16.6 Å². The van der Waals surface area contributed by atoms with Gasteiger partial charge in [-0.05, 0) is 24.7 Å². The van der Waals surface area contributed by atoms with Crippen molar-refractivity contribution in [3.05, 3.63) is 74.4 Å². The van der Waals surface area contributed by atoms with Gasteiger partial charge in [0.05, 0.1) is 16.0 Å². The zero-order valence-corrected chi connectivity index (χ0v) is 16.6. The molecule has 1 amide bonds. The summed E-state index contributed by atoms with van der Waals surface area (Å²) in [5.41, 5.74) is 3.26. The Morgan fingerprint density at radius 2 is 2.10 bits per heavy atom. The van der Waals surface area contributed by atoms with Crippen molar-refractivity contribution < 1.29 is 9.72 Å². The molecule has 1 aliphatic heterocycles. The Morgan fingerprint density at radius 3 is 2.86 bits per heavy atom. The Balaban J connectivity index is 1.79. The first-order valence-corrected chi connectivity index (χ1v) is 9.74. The second-order valence-corrected chi connectivity index (χ2v) is 7.33. The molecule has 0 radical (unpaired) electrons. The van der Waals surface area contributed by atoms with Gasteiger partial charge in [0.2, 0.25) is 0 Å². The standard InChI is InChI=1S/C21H19ClN4O3/c1-2-25-10-9-18-15(12-25)20(14-5-3-4-6-17(14)24-18)21(27)23-13-7-8-16(22)19(11-13)26(28)29/h3-8,11H,2,9-10,12H2,1H3,(H,23,27). The van der Waals surface area contributed by atoms with E-state index in [1.165, 1.54) is 12.1 Å². The first-order chi connectivity index (χ1) is 14.0. The number of nitrogens with zero attached hydrogens (tertiary/aromatic N) is 3. The van der Waals surface area contributed by atoms with Gasteiger partial charge in [0.15, 0.2) is 0 Å². The van der Waals surface area contributed by atoms with E-state index in [9.17, 15) is 14.9 Å². The van der Waals surface area contributed by atoms with Crippen molar-refractivity contribution in [2.45, 2.75) is 19.9 Å². The van der Waals surface area contributed by atoms with E-state index < -0.39 is 4.92 Å². The number of halogens is 1. The Morgan fingerprint density at radius 1 is 1.31 bits per heavy atom. The summed E-state index contributed by atoms with van der Waals surface area (Å²) in [6, 6.07) is 11.8. The number of para-hydroxylation sites is 1. The van der Waals surface area contributed by atoms with Crippen LogP contribution in [0.3, 0.4) is 0 Å². The van der Waals surface area contributed by atoms with Crippen LogP contribution in [0.25, 0.3) is 10.9 Å². The molecular formula is C21H19ClN4O3. The molecule has 1 aliphatic rings. The Labute approximate surface area is 172 Å². The van der Waals surface area contributed by atoms with Gasteiger partial charge in [0.25, 0.3) is 11.6 Å². The molecule has 8 heteroatoms. The third kappa shape index (κ3) is 3.66. The zero-order valence-electron chi connectivity index (χ0n) is 15.8. The highest BCUT2D eigenvalue weighted by Crippen LogP contribution is 2.31. The number of nitro benzene ring substituents is 1. The molecule has 0 unspecified atom stereocenters. The smallest absolute Gasteiger partial charge is 0.289 e. The van der Waals surface area contributed by atoms with Gasteiger partial charge in [0, 0.05) is 47.9 Å². The van der Waals surface area contributed by atoms with Gasteiger partial charge in [-0.25, -0.2) is 0 Å². The minimum atomic E-state index is -0.569. The maximum absolute atomic E-state index is 13.3. The third-order valence-electron chi connectivity index (χ3n) is 5.20. The van der Waals surface area contributed by atoms with Gasteiger partial charge >= 0.3 is 0 Å². The van der Waals surface area contributed by atoms with Crippen molar-refractivity contribution in [3.8, 4) is 0 Å². The number of likely N-dealkylation sites (N-methyl/N-ethyl adjacent to an activating group) is 1.